The molecule has 0 unspecified atom stereocenters. The number of hydrogen-bond donors (Lipinski definition) is 3. The van der Waals surface area contributed by atoms with E-state index in [1.54, 1.807) is 25.1 Å². The fraction of sp³-hybridized carbons (Fsp3) is 0.353. The highest BCUT2D eigenvalue weighted by Gasteiger charge is 2.48. The van der Waals surface area contributed by atoms with Crippen LogP contribution in [0.1, 0.15) is 22.3 Å². The van der Waals surface area contributed by atoms with Crippen LogP contribution in [0.3, 0.4) is 0 Å². The predicted molar refractivity (Wildman–Crippen MR) is 81.2 cm³/mol. The third-order valence-electron chi connectivity index (χ3n) is 4.82. The Bertz CT molecular complexity index is 742. The van der Waals surface area contributed by atoms with E-state index >= 15 is 0 Å². The van der Waals surface area contributed by atoms with Crippen molar-refractivity contribution in [2.45, 2.75) is 13.3 Å². The summed E-state index contributed by atoms with van der Waals surface area (Å²) in [5, 5.41) is 21.2. The highest BCUT2D eigenvalue weighted by molar-refractivity contribution is 5.98. The Hall–Kier alpha value is -2.83. The van der Waals surface area contributed by atoms with Crippen molar-refractivity contribution < 1.29 is 24.6 Å². The summed E-state index contributed by atoms with van der Waals surface area (Å²) in [6.45, 7) is 1.65. The molecule has 4 atom stereocenters. The zero-order valence-electron chi connectivity index (χ0n) is 13.0. The SMILES string of the molecule is Cc1cccc(C(=O)NNC(=O)[C@@H]2[C@@H](C(=O)[O-])[C@H]3C=C[C@H]2C3)c1O. The molecule has 1 aromatic rings. The van der Waals surface area contributed by atoms with E-state index in [0.717, 1.165) is 0 Å². The average Bonchev–Trinajstić information content (AvgIpc) is 3.15. The van der Waals surface area contributed by atoms with E-state index in [0.29, 0.717) is 12.0 Å². The van der Waals surface area contributed by atoms with Gasteiger partial charge in [-0.3, -0.25) is 20.4 Å². The van der Waals surface area contributed by atoms with E-state index in [1.165, 1.54) is 6.07 Å². The van der Waals surface area contributed by atoms with Gasteiger partial charge in [-0.2, -0.15) is 0 Å². The minimum absolute atomic E-state index is 0.0274. The fourth-order valence-electron chi connectivity index (χ4n) is 3.61. The van der Waals surface area contributed by atoms with Gasteiger partial charge in [0.25, 0.3) is 5.91 Å². The van der Waals surface area contributed by atoms with E-state index in [2.05, 4.69) is 10.9 Å². The second-order valence-corrected chi connectivity index (χ2v) is 6.23. The van der Waals surface area contributed by atoms with Crippen LogP contribution >= 0.6 is 0 Å². The summed E-state index contributed by atoms with van der Waals surface area (Å²) in [4.78, 5) is 35.7. The van der Waals surface area contributed by atoms with E-state index in [-0.39, 0.29) is 23.1 Å². The summed E-state index contributed by atoms with van der Waals surface area (Å²) in [5.74, 6) is -4.68. The smallest absolute Gasteiger partial charge is 0.273 e. The molecule has 0 spiro atoms. The van der Waals surface area contributed by atoms with Gasteiger partial charge in [0.2, 0.25) is 5.91 Å². The molecule has 2 aliphatic carbocycles. The third-order valence-corrected chi connectivity index (χ3v) is 4.82. The lowest BCUT2D eigenvalue weighted by Crippen LogP contribution is -2.50. The number of carbonyl (C=O) groups excluding carboxylic acids is 3. The summed E-state index contributed by atoms with van der Waals surface area (Å²) in [6, 6.07) is 4.68. The third kappa shape index (κ3) is 2.62. The van der Waals surface area contributed by atoms with Gasteiger partial charge in [0, 0.05) is 11.9 Å². The van der Waals surface area contributed by atoms with Crippen LogP contribution in [0.4, 0.5) is 0 Å². The second-order valence-electron chi connectivity index (χ2n) is 6.23. The number of fused-ring (bicyclic) bond motifs is 2. The summed E-state index contributed by atoms with van der Waals surface area (Å²) >= 11 is 0. The Kier molecular flexibility index (Phi) is 4.01. The molecule has 0 heterocycles. The van der Waals surface area contributed by atoms with Crippen molar-refractivity contribution in [1.82, 2.24) is 10.9 Å². The molecule has 2 aliphatic rings. The Labute approximate surface area is 138 Å². The largest absolute Gasteiger partial charge is 0.550 e. The van der Waals surface area contributed by atoms with Gasteiger partial charge in [0.1, 0.15) is 5.75 Å². The van der Waals surface area contributed by atoms with Gasteiger partial charge in [-0.1, -0.05) is 24.3 Å². The molecule has 126 valence electrons. The van der Waals surface area contributed by atoms with Gasteiger partial charge in [0.15, 0.2) is 0 Å². The number of carboxylic acid groups (broad SMARTS) is 1. The highest BCUT2D eigenvalue weighted by Crippen LogP contribution is 2.47. The molecule has 0 aliphatic heterocycles. The zero-order valence-corrected chi connectivity index (χ0v) is 13.0. The van der Waals surface area contributed by atoms with Crippen LogP contribution in [0.2, 0.25) is 0 Å². The van der Waals surface area contributed by atoms with Crippen LogP contribution in [-0.4, -0.2) is 22.9 Å². The van der Waals surface area contributed by atoms with Crippen molar-refractivity contribution in [3.63, 3.8) is 0 Å². The molecule has 7 nitrogen and oxygen atoms in total. The number of aromatic hydroxyl groups is 1. The minimum Gasteiger partial charge on any atom is -0.550 e. The summed E-state index contributed by atoms with van der Waals surface area (Å²) in [6.07, 6.45) is 4.24. The van der Waals surface area contributed by atoms with Crippen molar-refractivity contribution >= 4 is 17.8 Å². The number of carboxylic acids is 1. The number of nitrogens with one attached hydrogen (secondary N) is 2. The first kappa shape index (κ1) is 16.0. The van der Waals surface area contributed by atoms with Crippen LogP contribution in [0.15, 0.2) is 30.4 Å². The molecule has 1 fully saturated rings. The Morgan fingerprint density at radius 2 is 1.79 bits per heavy atom. The first-order chi connectivity index (χ1) is 11.4. The summed E-state index contributed by atoms with van der Waals surface area (Å²) < 4.78 is 0. The number of hydrogen-bond acceptors (Lipinski definition) is 5. The van der Waals surface area contributed by atoms with Crippen LogP contribution in [0, 0.1) is 30.6 Å². The highest BCUT2D eigenvalue weighted by atomic mass is 16.4. The maximum atomic E-state index is 12.3. The molecular formula is C17H17N2O5-. The average molecular weight is 329 g/mol. The zero-order chi connectivity index (χ0) is 17.4. The van der Waals surface area contributed by atoms with Crippen molar-refractivity contribution in [3.8, 4) is 5.75 Å². The number of aliphatic carboxylic acids is 1. The van der Waals surface area contributed by atoms with Gasteiger partial charge in [-0.05, 0) is 36.8 Å². The van der Waals surface area contributed by atoms with Crippen LogP contribution < -0.4 is 16.0 Å². The summed E-state index contributed by atoms with van der Waals surface area (Å²) in [5.41, 5.74) is 5.05. The molecule has 7 heteroatoms. The first-order valence-corrected chi connectivity index (χ1v) is 7.68. The number of rotatable bonds is 3. The number of hydrazine groups is 1. The van der Waals surface area contributed by atoms with Crippen molar-refractivity contribution in [3.05, 3.63) is 41.5 Å². The van der Waals surface area contributed by atoms with Crippen LogP contribution in [0.25, 0.3) is 0 Å². The molecule has 1 aromatic carbocycles. The second kappa shape index (κ2) is 5.99. The number of benzene rings is 1. The van der Waals surface area contributed by atoms with Gasteiger partial charge < -0.3 is 15.0 Å². The van der Waals surface area contributed by atoms with E-state index in [9.17, 15) is 24.6 Å². The van der Waals surface area contributed by atoms with E-state index in [4.69, 9.17) is 0 Å². The number of para-hydroxylation sites is 1. The van der Waals surface area contributed by atoms with E-state index < -0.39 is 29.6 Å². The van der Waals surface area contributed by atoms with Crippen molar-refractivity contribution in [2.24, 2.45) is 23.7 Å². The quantitative estimate of drug-likeness (QED) is 0.517. The molecule has 2 amide bonds. The normalized spacial score (nSPS) is 27.0. The Morgan fingerprint density at radius 1 is 1.12 bits per heavy atom. The molecule has 3 rings (SSSR count). The molecule has 0 aromatic heterocycles. The maximum absolute atomic E-state index is 12.3. The van der Waals surface area contributed by atoms with Crippen LogP contribution in [-0.2, 0) is 9.59 Å². The summed E-state index contributed by atoms with van der Waals surface area (Å²) in [7, 11) is 0. The van der Waals surface area contributed by atoms with E-state index in [1.807, 2.05) is 6.08 Å². The maximum Gasteiger partial charge on any atom is 0.273 e. The standard InChI is InChI=1S/C17H18N2O5/c1-8-3-2-4-11(14(8)20)15(21)18-19-16(22)12-9-5-6-10(7-9)13(12)17(23)24/h2-6,9-10,12-13,20H,7H2,1H3,(H,18,21)(H,19,22)(H,23,24)/p-1/t9-,10-,12-,13-/m0/s1. The predicted octanol–water partition coefficient (Wildman–Crippen LogP) is -0.350. The Morgan fingerprint density at radius 3 is 2.46 bits per heavy atom. The lowest BCUT2D eigenvalue weighted by Gasteiger charge is -2.27. The van der Waals surface area contributed by atoms with Crippen molar-refractivity contribution in [2.75, 3.05) is 0 Å². The topological polar surface area (TPSA) is 119 Å². The van der Waals surface area contributed by atoms with Gasteiger partial charge in [-0.25, -0.2) is 0 Å². The number of allylic oxidation sites excluding steroid dienone is 2. The monoisotopic (exact) mass is 329 g/mol. The number of phenols is 1. The number of phenolic OH excluding ortho intramolecular Hbond substituents is 1. The number of amides is 2. The molecule has 0 saturated heterocycles. The Balaban J connectivity index is 1.67. The lowest BCUT2D eigenvalue weighted by atomic mass is 9.82. The number of aryl methyl sites for hydroxylation is 1. The molecule has 24 heavy (non-hydrogen) atoms. The van der Waals surface area contributed by atoms with Gasteiger partial charge >= 0.3 is 0 Å². The lowest BCUT2D eigenvalue weighted by molar-refractivity contribution is -0.313. The van der Waals surface area contributed by atoms with Crippen LogP contribution in [0.5, 0.6) is 5.75 Å². The molecule has 3 N–H and O–H groups in total. The molecule has 1 saturated carbocycles. The minimum atomic E-state index is -1.25. The fourth-order valence-corrected chi connectivity index (χ4v) is 3.61. The first-order valence-electron chi connectivity index (χ1n) is 7.68. The molecule has 0 radical (unpaired) electrons. The molecular weight excluding hydrogens is 312 g/mol. The molecule has 2 bridgehead atoms. The van der Waals surface area contributed by atoms with Gasteiger partial charge in [-0.15, -0.1) is 0 Å². The number of carbonyl (C=O) groups is 3. The van der Waals surface area contributed by atoms with Gasteiger partial charge in [0.05, 0.1) is 11.5 Å². The van der Waals surface area contributed by atoms with Crippen molar-refractivity contribution in [1.29, 1.82) is 0 Å².